The second-order valence-electron chi connectivity index (χ2n) is 8.21. The summed E-state index contributed by atoms with van der Waals surface area (Å²) >= 11 is 6.22. The molecule has 7 heteroatoms. The van der Waals surface area contributed by atoms with E-state index in [1.807, 2.05) is 43.3 Å². The van der Waals surface area contributed by atoms with E-state index in [0.717, 1.165) is 37.2 Å². The van der Waals surface area contributed by atoms with Crippen LogP contribution in [-0.4, -0.2) is 56.1 Å². The molecule has 4 rings (SSSR count). The number of halogens is 1. The van der Waals surface area contributed by atoms with Crippen LogP contribution >= 0.6 is 11.6 Å². The maximum absolute atomic E-state index is 13.1. The van der Waals surface area contributed by atoms with Gasteiger partial charge in [0.15, 0.2) is 0 Å². The third-order valence-electron chi connectivity index (χ3n) is 5.95. The summed E-state index contributed by atoms with van der Waals surface area (Å²) in [6, 6.07) is 13.1. The van der Waals surface area contributed by atoms with Crippen molar-refractivity contribution in [3.05, 3.63) is 58.6 Å². The number of benzene rings is 2. The molecule has 2 heterocycles. The van der Waals surface area contributed by atoms with Gasteiger partial charge in [-0.3, -0.25) is 9.59 Å². The first-order chi connectivity index (χ1) is 15.0. The van der Waals surface area contributed by atoms with Crippen LogP contribution in [0.25, 0.3) is 0 Å². The lowest BCUT2D eigenvalue weighted by atomic mass is 9.96. The molecule has 1 atom stereocenters. The molecule has 0 bridgehead atoms. The van der Waals surface area contributed by atoms with Gasteiger partial charge in [-0.2, -0.15) is 0 Å². The number of piperidine rings is 1. The van der Waals surface area contributed by atoms with E-state index < -0.39 is 0 Å². The van der Waals surface area contributed by atoms with Crippen LogP contribution in [-0.2, 0) is 9.53 Å². The average molecular weight is 442 g/mol. The molecule has 1 N–H and O–H groups in total. The number of aryl methyl sites for hydroxylation is 1. The predicted molar refractivity (Wildman–Crippen MR) is 123 cm³/mol. The number of carbonyl (C=O) groups is 2. The van der Waals surface area contributed by atoms with Gasteiger partial charge in [-0.1, -0.05) is 29.3 Å². The molecule has 2 saturated heterocycles. The van der Waals surface area contributed by atoms with E-state index in [1.54, 1.807) is 11.0 Å². The summed E-state index contributed by atoms with van der Waals surface area (Å²) < 4.78 is 5.45. The SMILES string of the molecule is Cc1ccc(C(=O)N2CCCC(C(=O)Nc3cc(Cl)ccc3N3CCOCC3)C2)cc1. The van der Waals surface area contributed by atoms with Gasteiger partial charge >= 0.3 is 0 Å². The summed E-state index contributed by atoms with van der Waals surface area (Å²) in [6.07, 6.45) is 1.57. The summed E-state index contributed by atoms with van der Waals surface area (Å²) in [5.41, 5.74) is 3.44. The number of amides is 2. The molecule has 0 aliphatic carbocycles. The van der Waals surface area contributed by atoms with Gasteiger partial charge in [0.05, 0.1) is 30.5 Å². The molecule has 0 radical (unpaired) electrons. The minimum atomic E-state index is -0.250. The monoisotopic (exact) mass is 441 g/mol. The average Bonchev–Trinajstić information content (AvgIpc) is 2.80. The molecule has 2 aliphatic rings. The Labute approximate surface area is 188 Å². The van der Waals surface area contributed by atoms with Crippen LogP contribution in [0.3, 0.4) is 0 Å². The lowest BCUT2D eigenvalue weighted by Crippen LogP contribution is -2.44. The van der Waals surface area contributed by atoms with E-state index in [-0.39, 0.29) is 17.7 Å². The second kappa shape index (κ2) is 9.71. The molecular formula is C24H28ClN3O3. The molecule has 2 aliphatic heterocycles. The zero-order valence-electron chi connectivity index (χ0n) is 17.8. The highest BCUT2D eigenvalue weighted by molar-refractivity contribution is 6.31. The zero-order valence-corrected chi connectivity index (χ0v) is 18.5. The van der Waals surface area contributed by atoms with Crippen LogP contribution < -0.4 is 10.2 Å². The molecule has 164 valence electrons. The van der Waals surface area contributed by atoms with E-state index >= 15 is 0 Å². The summed E-state index contributed by atoms with van der Waals surface area (Å²) in [6.45, 7) is 5.96. The Morgan fingerprint density at radius 3 is 2.55 bits per heavy atom. The van der Waals surface area contributed by atoms with E-state index in [0.29, 0.717) is 42.6 Å². The van der Waals surface area contributed by atoms with E-state index in [4.69, 9.17) is 16.3 Å². The molecule has 2 aromatic carbocycles. The summed E-state index contributed by atoms with van der Waals surface area (Å²) in [5, 5.41) is 3.66. The first-order valence-electron chi connectivity index (χ1n) is 10.8. The van der Waals surface area contributed by atoms with Crippen LogP contribution in [0.2, 0.25) is 5.02 Å². The number of ether oxygens (including phenoxy) is 1. The third kappa shape index (κ3) is 5.20. The van der Waals surface area contributed by atoms with Gasteiger partial charge < -0.3 is 19.9 Å². The Bertz CT molecular complexity index is 942. The number of carbonyl (C=O) groups excluding carboxylic acids is 2. The number of rotatable bonds is 4. The summed E-state index contributed by atoms with van der Waals surface area (Å²) in [5.74, 6) is -0.341. The van der Waals surface area contributed by atoms with Crippen molar-refractivity contribution in [1.82, 2.24) is 4.90 Å². The van der Waals surface area contributed by atoms with E-state index in [1.165, 1.54) is 0 Å². The van der Waals surface area contributed by atoms with Gasteiger partial charge in [-0.25, -0.2) is 0 Å². The molecule has 0 spiro atoms. The smallest absolute Gasteiger partial charge is 0.253 e. The summed E-state index contributed by atoms with van der Waals surface area (Å²) in [4.78, 5) is 30.0. The molecule has 0 saturated carbocycles. The first-order valence-corrected chi connectivity index (χ1v) is 11.2. The predicted octanol–water partition coefficient (Wildman–Crippen LogP) is 3.98. The second-order valence-corrected chi connectivity index (χ2v) is 8.64. The van der Waals surface area contributed by atoms with Crippen LogP contribution in [0, 0.1) is 12.8 Å². The number of anilines is 2. The molecule has 6 nitrogen and oxygen atoms in total. The van der Waals surface area contributed by atoms with Crippen LogP contribution in [0.1, 0.15) is 28.8 Å². The Kier molecular flexibility index (Phi) is 6.78. The van der Waals surface area contributed by atoms with Gasteiger partial charge in [0.2, 0.25) is 5.91 Å². The fourth-order valence-corrected chi connectivity index (χ4v) is 4.35. The highest BCUT2D eigenvalue weighted by Crippen LogP contribution is 2.31. The lowest BCUT2D eigenvalue weighted by molar-refractivity contribution is -0.121. The normalized spacial score (nSPS) is 19.2. The largest absolute Gasteiger partial charge is 0.378 e. The minimum absolute atomic E-state index is 0.0192. The van der Waals surface area contributed by atoms with Crippen molar-refractivity contribution in [1.29, 1.82) is 0 Å². The molecule has 2 amide bonds. The van der Waals surface area contributed by atoms with E-state index in [9.17, 15) is 9.59 Å². The summed E-state index contributed by atoms with van der Waals surface area (Å²) in [7, 11) is 0. The van der Waals surface area contributed by atoms with Crippen LogP contribution in [0.4, 0.5) is 11.4 Å². The number of likely N-dealkylation sites (tertiary alicyclic amines) is 1. The number of nitrogens with zero attached hydrogens (tertiary/aromatic N) is 2. The molecule has 2 fully saturated rings. The Hall–Kier alpha value is -2.57. The van der Waals surface area contributed by atoms with Crippen molar-refractivity contribution in [3.63, 3.8) is 0 Å². The maximum atomic E-state index is 13.1. The number of morpholine rings is 1. The van der Waals surface area contributed by atoms with E-state index in [2.05, 4.69) is 10.2 Å². The standard InChI is InChI=1S/C24H28ClN3O3/c1-17-4-6-18(7-5-17)24(30)28-10-2-3-19(16-28)23(29)26-21-15-20(25)8-9-22(21)27-11-13-31-14-12-27/h4-9,15,19H,2-3,10-14,16H2,1H3,(H,26,29). The van der Waals surface area contributed by atoms with Crippen LogP contribution in [0.15, 0.2) is 42.5 Å². The molecule has 2 aromatic rings. The Morgan fingerprint density at radius 2 is 1.81 bits per heavy atom. The van der Waals surface area contributed by atoms with Crippen molar-refractivity contribution < 1.29 is 14.3 Å². The minimum Gasteiger partial charge on any atom is -0.378 e. The highest BCUT2D eigenvalue weighted by atomic mass is 35.5. The fraction of sp³-hybridized carbons (Fsp3) is 0.417. The number of hydrogen-bond acceptors (Lipinski definition) is 4. The van der Waals surface area contributed by atoms with Crippen molar-refractivity contribution in [2.24, 2.45) is 5.92 Å². The topological polar surface area (TPSA) is 61.9 Å². The first kappa shape index (κ1) is 21.7. The maximum Gasteiger partial charge on any atom is 0.253 e. The van der Waals surface area contributed by atoms with Crippen LogP contribution in [0.5, 0.6) is 0 Å². The molecular weight excluding hydrogens is 414 g/mol. The highest BCUT2D eigenvalue weighted by Gasteiger charge is 2.29. The van der Waals surface area contributed by atoms with Gasteiger partial charge in [-0.05, 0) is 50.1 Å². The number of nitrogens with one attached hydrogen (secondary N) is 1. The van der Waals surface area contributed by atoms with Crippen molar-refractivity contribution in [2.45, 2.75) is 19.8 Å². The van der Waals surface area contributed by atoms with Gasteiger partial charge in [0.1, 0.15) is 0 Å². The molecule has 0 aromatic heterocycles. The Morgan fingerprint density at radius 1 is 1.06 bits per heavy atom. The van der Waals surface area contributed by atoms with Crippen molar-refractivity contribution in [3.8, 4) is 0 Å². The van der Waals surface area contributed by atoms with Crippen molar-refractivity contribution in [2.75, 3.05) is 49.6 Å². The number of hydrogen-bond donors (Lipinski definition) is 1. The third-order valence-corrected chi connectivity index (χ3v) is 6.18. The molecule has 1 unspecified atom stereocenters. The Balaban J connectivity index is 1.45. The quantitative estimate of drug-likeness (QED) is 0.779. The van der Waals surface area contributed by atoms with Crippen molar-refractivity contribution >= 4 is 34.8 Å². The zero-order chi connectivity index (χ0) is 21.8. The fourth-order valence-electron chi connectivity index (χ4n) is 4.18. The molecule has 31 heavy (non-hydrogen) atoms. The lowest BCUT2D eigenvalue weighted by Gasteiger charge is -2.33. The van der Waals surface area contributed by atoms with Gasteiger partial charge in [0, 0.05) is 36.8 Å². The van der Waals surface area contributed by atoms with Gasteiger partial charge in [0.25, 0.3) is 5.91 Å². The van der Waals surface area contributed by atoms with Gasteiger partial charge in [-0.15, -0.1) is 0 Å².